The van der Waals surface area contributed by atoms with E-state index in [9.17, 15) is 8.42 Å². The fourth-order valence-electron chi connectivity index (χ4n) is 1.81. The lowest BCUT2D eigenvalue weighted by atomic mass is 10.1. The number of benzene rings is 1. The van der Waals surface area contributed by atoms with Crippen LogP contribution in [0.25, 0.3) is 0 Å². The molecule has 16 heavy (non-hydrogen) atoms. The Morgan fingerprint density at radius 2 is 2.12 bits per heavy atom. The Morgan fingerprint density at radius 3 is 2.81 bits per heavy atom. The standard InChI is InChI=1S/C10H12N2O3S/c11-10(3-4-10)7-1-2-9-8(5-7)12-16(13,14)6-15-9/h1-2,5,12H,3-4,6,11H2. The lowest BCUT2D eigenvalue weighted by molar-refractivity contribution is 0.374. The maximum absolute atomic E-state index is 11.3. The van der Waals surface area contributed by atoms with Crippen LogP contribution in [0.3, 0.4) is 0 Å². The molecule has 3 N–H and O–H groups in total. The number of hydrogen-bond donors (Lipinski definition) is 2. The Labute approximate surface area is 93.6 Å². The van der Waals surface area contributed by atoms with Crippen LogP contribution in [0.5, 0.6) is 5.75 Å². The molecule has 0 spiro atoms. The molecule has 86 valence electrons. The molecule has 1 aromatic rings. The van der Waals surface area contributed by atoms with Gasteiger partial charge in [0.15, 0.2) is 0 Å². The largest absolute Gasteiger partial charge is 0.474 e. The zero-order valence-corrected chi connectivity index (χ0v) is 9.38. The van der Waals surface area contributed by atoms with E-state index in [1.165, 1.54) is 0 Å². The highest BCUT2D eigenvalue weighted by molar-refractivity contribution is 7.92. The number of anilines is 1. The molecule has 1 aliphatic carbocycles. The van der Waals surface area contributed by atoms with Crippen LogP contribution in [-0.4, -0.2) is 14.4 Å². The molecule has 2 aliphatic rings. The van der Waals surface area contributed by atoms with Crippen LogP contribution in [0.1, 0.15) is 18.4 Å². The van der Waals surface area contributed by atoms with Crippen molar-refractivity contribution in [3.63, 3.8) is 0 Å². The summed E-state index contributed by atoms with van der Waals surface area (Å²) in [6.45, 7) is 0. The van der Waals surface area contributed by atoms with E-state index < -0.39 is 10.0 Å². The van der Waals surface area contributed by atoms with E-state index >= 15 is 0 Å². The first kappa shape index (κ1) is 9.92. The minimum absolute atomic E-state index is 0.266. The quantitative estimate of drug-likeness (QED) is 0.758. The molecule has 0 radical (unpaired) electrons. The molecule has 1 fully saturated rings. The number of sulfonamides is 1. The molecule has 0 saturated heterocycles. The van der Waals surface area contributed by atoms with Gasteiger partial charge in [0.2, 0.25) is 5.94 Å². The molecule has 0 aromatic heterocycles. The number of nitrogens with one attached hydrogen (secondary N) is 1. The molecule has 0 amide bonds. The summed E-state index contributed by atoms with van der Waals surface area (Å²) in [4.78, 5) is 0. The van der Waals surface area contributed by atoms with Crippen LogP contribution in [-0.2, 0) is 15.6 Å². The molecular formula is C10H12N2O3S. The number of ether oxygens (including phenoxy) is 1. The van der Waals surface area contributed by atoms with Gasteiger partial charge in [0.05, 0.1) is 5.69 Å². The van der Waals surface area contributed by atoms with Crippen LogP contribution >= 0.6 is 0 Å². The Hall–Kier alpha value is -1.27. The summed E-state index contributed by atoms with van der Waals surface area (Å²) in [5.74, 6) is 0.232. The van der Waals surface area contributed by atoms with Gasteiger partial charge in [-0.3, -0.25) is 4.72 Å². The zero-order chi connectivity index (χ0) is 11.4. The third-order valence-corrected chi connectivity index (χ3v) is 3.94. The van der Waals surface area contributed by atoms with Gasteiger partial charge < -0.3 is 10.5 Å². The van der Waals surface area contributed by atoms with E-state index in [2.05, 4.69) is 4.72 Å². The summed E-state index contributed by atoms with van der Waals surface area (Å²) < 4.78 is 30.2. The van der Waals surface area contributed by atoms with E-state index in [0.29, 0.717) is 11.4 Å². The Kier molecular flexibility index (Phi) is 1.79. The zero-order valence-electron chi connectivity index (χ0n) is 8.56. The van der Waals surface area contributed by atoms with Crippen molar-refractivity contribution in [2.75, 3.05) is 10.7 Å². The van der Waals surface area contributed by atoms with Gasteiger partial charge in [-0.1, -0.05) is 6.07 Å². The number of rotatable bonds is 1. The predicted molar refractivity (Wildman–Crippen MR) is 59.6 cm³/mol. The summed E-state index contributed by atoms with van der Waals surface area (Å²) in [5, 5.41) is 0. The maximum atomic E-state index is 11.3. The van der Waals surface area contributed by atoms with Crippen LogP contribution < -0.4 is 15.2 Å². The van der Waals surface area contributed by atoms with E-state index in [0.717, 1.165) is 18.4 Å². The average Bonchev–Trinajstić information content (AvgIpc) is 2.95. The van der Waals surface area contributed by atoms with Gasteiger partial charge in [-0.25, -0.2) is 8.42 Å². The van der Waals surface area contributed by atoms with Crippen LogP contribution in [0, 0.1) is 0 Å². The van der Waals surface area contributed by atoms with Crippen molar-refractivity contribution in [3.8, 4) is 5.75 Å². The first-order valence-corrected chi connectivity index (χ1v) is 6.71. The second-order valence-corrected chi connectivity index (χ2v) is 6.02. The molecule has 3 rings (SSSR count). The summed E-state index contributed by atoms with van der Waals surface area (Å²) in [7, 11) is -3.35. The van der Waals surface area contributed by atoms with Gasteiger partial charge in [0.25, 0.3) is 10.0 Å². The topological polar surface area (TPSA) is 81.4 Å². The van der Waals surface area contributed by atoms with Crippen molar-refractivity contribution in [1.82, 2.24) is 0 Å². The summed E-state index contributed by atoms with van der Waals surface area (Å²) in [6.07, 6.45) is 1.89. The molecule has 1 saturated carbocycles. The molecule has 1 aromatic carbocycles. The van der Waals surface area contributed by atoms with Crippen molar-refractivity contribution in [1.29, 1.82) is 0 Å². The summed E-state index contributed by atoms with van der Waals surface area (Å²) >= 11 is 0. The molecule has 6 heteroatoms. The molecule has 5 nitrogen and oxygen atoms in total. The number of nitrogens with two attached hydrogens (primary N) is 1. The van der Waals surface area contributed by atoms with Gasteiger partial charge in [0.1, 0.15) is 5.75 Å². The van der Waals surface area contributed by atoms with Crippen molar-refractivity contribution in [2.24, 2.45) is 5.73 Å². The van der Waals surface area contributed by atoms with Gasteiger partial charge >= 0.3 is 0 Å². The molecular weight excluding hydrogens is 228 g/mol. The Morgan fingerprint density at radius 1 is 1.38 bits per heavy atom. The van der Waals surface area contributed by atoms with E-state index in [1.807, 2.05) is 6.07 Å². The first-order chi connectivity index (χ1) is 7.49. The second-order valence-electron chi connectivity index (χ2n) is 4.35. The Balaban J connectivity index is 2.04. The maximum Gasteiger partial charge on any atom is 0.268 e. The fraction of sp³-hybridized carbons (Fsp3) is 0.400. The lowest BCUT2D eigenvalue weighted by Gasteiger charge is -2.21. The number of fused-ring (bicyclic) bond motifs is 1. The number of hydrogen-bond acceptors (Lipinski definition) is 4. The SMILES string of the molecule is NC1(c2ccc3c(c2)NS(=O)(=O)CO3)CC1. The van der Waals surface area contributed by atoms with Crippen molar-refractivity contribution in [2.45, 2.75) is 18.4 Å². The average molecular weight is 240 g/mol. The lowest BCUT2D eigenvalue weighted by Crippen LogP contribution is -2.26. The third-order valence-electron chi connectivity index (χ3n) is 2.98. The van der Waals surface area contributed by atoms with E-state index in [1.54, 1.807) is 12.1 Å². The Bertz CT molecular complexity index is 549. The van der Waals surface area contributed by atoms with Gasteiger partial charge in [-0.2, -0.15) is 0 Å². The highest BCUT2D eigenvalue weighted by atomic mass is 32.2. The minimum atomic E-state index is -3.35. The highest BCUT2D eigenvalue weighted by Gasteiger charge is 2.40. The van der Waals surface area contributed by atoms with E-state index in [-0.39, 0.29) is 11.5 Å². The normalized spacial score (nSPS) is 23.8. The van der Waals surface area contributed by atoms with Crippen molar-refractivity contribution >= 4 is 15.7 Å². The third kappa shape index (κ3) is 1.54. The molecule has 0 bridgehead atoms. The second kappa shape index (κ2) is 2.89. The molecule has 0 atom stereocenters. The first-order valence-electron chi connectivity index (χ1n) is 5.05. The highest BCUT2D eigenvalue weighted by Crippen LogP contribution is 2.45. The minimum Gasteiger partial charge on any atom is -0.474 e. The van der Waals surface area contributed by atoms with Crippen LogP contribution in [0.15, 0.2) is 18.2 Å². The van der Waals surface area contributed by atoms with Crippen LogP contribution in [0.2, 0.25) is 0 Å². The molecule has 0 unspecified atom stereocenters. The van der Waals surface area contributed by atoms with Gasteiger partial charge in [-0.15, -0.1) is 0 Å². The smallest absolute Gasteiger partial charge is 0.268 e. The van der Waals surface area contributed by atoms with Gasteiger partial charge in [0, 0.05) is 5.54 Å². The predicted octanol–water partition coefficient (Wildman–Crippen LogP) is 0.726. The molecule has 1 aliphatic heterocycles. The van der Waals surface area contributed by atoms with E-state index in [4.69, 9.17) is 10.5 Å². The van der Waals surface area contributed by atoms with Crippen molar-refractivity contribution in [3.05, 3.63) is 23.8 Å². The van der Waals surface area contributed by atoms with Gasteiger partial charge in [-0.05, 0) is 30.5 Å². The van der Waals surface area contributed by atoms with Crippen LogP contribution in [0.4, 0.5) is 5.69 Å². The summed E-state index contributed by atoms with van der Waals surface area (Å²) in [6, 6.07) is 5.42. The van der Waals surface area contributed by atoms with Crippen molar-refractivity contribution < 1.29 is 13.2 Å². The molecule has 1 heterocycles. The monoisotopic (exact) mass is 240 g/mol. The summed E-state index contributed by atoms with van der Waals surface area (Å²) in [5.41, 5.74) is 7.23. The fourth-order valence-corrected chi connectivity index (χ4v) is 2.64.